The number of carbonyl (C=O) groups excluding carboxylic acids is 2. The van der Waals surface area contributed by atoms with Crippen molar-refractivity contribution in [2.24, 2.45) is 5.92 Å². The minimum atomic E-state index is -0.302. The third kappa shape index (κ3) is 4.39. The minimum Gasteiger partial charge on any atom is -0.445 e. The fourth-order valence-corrected chi connectivity index (χ4v) is 1.80. The number of nitrogens with zero attached hydrogens (tertiary/aromatic N) is 1. The van der Waals surface area contributed by atoms with Gasteiger partial charge in [-0.2, -0.15) is 0 Å². The Labute approximate surface area is 108 Å². The van der Waals surface area contributed by atoms with Crippen molar-refractivity contribution in [2.75, 3.05) is 19.7 Å². The molecule has 1 fully saturated rings. The molecule has 1 saturated heterocycles. The maximum absolute atomic E-state index is 11.6. The molecule has 0 saturated carbocycles. The van der Waals surface area contributed by atoms with E-state index >= 15 is 0 Å². The molecule has 0 aromatic carbocycles. The molecule has 0 spiro atoms. The second kappa shape index (κ2) is 7.03. The molecule has 1 N–H and O–H groups in total. The molecule has 0 unspecified atom stereocenters. The van der Waals surface area contributed by atoms with E-state index in [1.54, 1.807) is 11.0 Å². The number of ether oxygens (including phenoxy) is 1. The van der Waals surface area contributed by atoms with Gasteiger partial charge in [0.05, 0.1) is 0 Å². The van der Waals surface area contributed by atoms with Crippen molar-refractivity contribution in [1.29, 1.82) is 0 Å². The van der Waals surface area contributed by atoms with Crippen LogP contribution in [-0.2, 0) is 9.53 Å². The lowest BCUT2D eigenvalue weighted by molar-refractivity contribution is -0.124. The number of amides is 2. The molecule has 2 amide bonds. The van der Waals surface area contributed by atoms with Crippen LogP contribution in [0.1, 0.15) is 26.7 Å². The summed E-state index contributed by atoms with van der Waals surface area (Å²) in [4.78, 5) is 24.8. The maximum Gasteiger partial charge on any atom is 0.410 e. The van der Waals surface area contributed by atoms with Crippen molar-refractivity contribution < 1.29 is 14.3 Å². The molecule has 0 bridgehead atoms. The van der Waals surface area contributed by atoms with Gasteiger partial charge in [0, 0.05) is 25.0 Å². The molecule has 1 rings (SSSR count). The Morgan fingerprint density at radius 1 is 1.44 bits per heavy atom. The molecule has 1 heterocycles. The Balaban J connectivity index is 2.30. The average molecular weight is 254 g/mol. The summed E-state index contributed by atoms with van der Waals surface area (Å²) < 4.78 is 4.97. The third-order valence-electron chi connectivity index (χ3n) is 2.95. The van der Waals surface area contributed by atoms with Gasteiger partial charge in [-0.1, -0.05) is 26.5 Å². The van der Waals surface area contributed by atoms with Gasteiger partial charge in [0.25, 0.3) is 0 Å². The monoisotopic (exact) mass is 254 g/mol. The van der Waals surface area contributed by atoms with Crippen molar-refractivity contribution >= 4 is 12.0 Å². The van der Waals surface area contributed by atoms with E-state index in [0.717, 1.165) is 12.8 Å². The Hall–Kier alpha value is -1.52. The summed E-state index contributed by atoms with van der Waals surface area (Å²) in [6.45, 7) is 8.73. The molecule has 1 aliphatic heterocycles. The molecular formula is C13H22N2O3. The Bertz CT molecular complexity index is 307. The van der Waals surface area contributed by atoms with Gasteiger partial charge >= 0.3 is 6.09 Å². The highest BCUT2D eigenvalue weighted by Crippen LogP contribution is 2.12. The second-order valence-corrected chi connectivity index (χ2v) is 4.79. The number of hydrogen-bond acceptors (Lipinski definition) is 3. The van der Waals surface area contributed by atoms with Crippen molar-refractivity contribution in [3.05, 3.63) is 12.7 Å². The van der Waals surface area contributed by atoms with Gasteiger partial charge in [-0.25, -0.2) is 4.79 Å². The second-order valence-electron chi connectivity index (χ2n) is 4.79. The zero-order valence-corrected chi connectivity index (χ0v) is 11.1. The molecular weight excluding hydrogens is 232 g/mol. The highest BCUT2D eigenvalue weighted by Gasteiger charge is 2.24. The number of hydrogen-bond donors (Lipinski definition) is 1. The number of carbonyl (C=O) groups is 2. The van der Waals surface area contributed by atoms with Crippen molar-refractivity contribution in [3.63, 3.8) is 0 Å². The molecule has 0 radical (unpaired) electrons. The largest absolute Gasteiger partial charge is 0.445 e. The summed E-state index contributed by atoms with van der Waals surface area (Å²) in [5.41, 5.74) is 0. The molecule has 102 valence electrons. The molecule has 1 aliphatic rings. The summed E-state index contributed by atoms with van der Waals surface area (Å²) in [5, 5.41) is 2.99. The number of nitrogens with one attached hydrogen (secondary N) is 1. The molecule has 0 aromatic heterocycles. The fourth-order valence-electron chi connectivity index (χ4n) is 1.80. The van der Waals surface area contributed by atoms with Crippen LogP contribution < -0.4 is 5.32 Å². The standard InChI is InChI=1S/C13H22N2O3/c1-4-9-18-13(17)15-7-5-11(6-8-15)14-12(16)10(2)3/h4,10-11H,1,5-9H2,2-3H3,(H,14,16). The fraction of sp³-hybridized carbons (Fsp3) is 0.692. The average Bonchev–Trinajstić information content (AvgIpc) is 2.36. The van der Waals surface area contributed by atoms with Crippen LogP contribution in [0.3, 0.4) is 0 Å². The summed E-state index contributed by atoms with van der Waals surface area (Å²) in [5.74, 6) is 0.0725. The van der Waals surface area contributed by atoms with Gasteiger partial charge < -0.3 is 15.0 Å². The van der Waals surface area contributed by atoms with E-state index in [0.29, 0.717) is 13.1 Å². The zero-order valence-electron chi connectivity index (χ0n) is 11.1. The van der Waals surface area contributed by atoms with Gasteiger partial charge in [0.15, 0.2) is 0 Å². The van der Waals surface area contributed by atoms with Gasteiger partial charge in [0.2, 0.25) is 5.91 Å². The lowest BCUT2D eigenvalue weighted by atomic mass is 10.0. The zero-order chi connectivity index (χ0) is 13.5. The van der Waals surface area contributed by atoms with E-state index in [-0.39, 0.29) is 30.6 Å². The van der Waals surface area contributed by atoms with E-state index < -0.39 is 0 Å². The van der Waals surface area contributed by atoms with Gasteiger partial charge in [0.1, 0.15) is 6.61 Å². The van der Waals surface area contributed by atoms with Crippen molar-refractivity contribution in [1.82, 2.24) is 10.2 Å². The smallest absolute Gasteiger partial charge is 0.410 e. The molecule has 18 heavy (non-hydrogen) atoms. The van der Waals surface area contributed by atoms with Crippen LogP contribution in [-0.4, -0.2) is 42.6 Å². The predicted octanol–water partition coefficient (Wildman–Crippen LogP) is 1.55. The maximum atomic E-state index is 11.6. The quantitative estimate of drug-likeness (QED) is 0.774. The summed E-state index contributed by atoms with van der Waals surface area (Å²) in [6, 6.07) is 0.170. The molecule has 5 heteroatoms. The predicted molar refractivity (Wildman–Crippen MR) is 69.1 cm³/mol. The molecule has 0 atom stereocenters. The molecule has 0 aliphatic carbocycles. The SMILES string of the molecule is C=CCOC(=O)N1CCC(NC(=O)C(C)C)CC1. The first-order valence-electron chi connectivity index (χ1n) is 6.37. The minimum absolute atomic E-state index is 0.000543. The van der Waals surface area contributed by atoms with Crippen LogP contribution in [0.25, 0.3) is 0 Å². The molecule has 0 aromatic rings. The van der Waals surface area contributed by atoms with Gasteiger partial charge in [-0.05, 0) is 12.8 Å². The van der Waals surface area contributed by atoms with Crippen molar-refractivity contribution in [3.8, 4) is 0 Å². The summed E-state index contributed by atoms with van der Waals surface area (Å²) in [7, 11) is 0. The Morgan fingerprint density at radius 2 is 2.06 bits per heavy atom. The van der Waals surface area contributed by atoms with Gasteiger partial charge in [-0.15, -0.1) is 0 Å². The van der Waals surface area contributed by atoms with Crippen LogP contribution in [0.15, 0.2) is 12.7 Å². The third-order valence-corrected chi connectivity index (χ3v) is 2.95. The first-order chi connectivity index (χ1) is 8.54. The van der Waals surface area contributed by atoms with Crippen molar-refractivity contribution in [2.45, 2.75) is 32.7 Å². The van der Waals surface area contributed by atoms with E-state index in [9.17, 15) is 9.59 Å². The first kappa shape index (κ1) is 14.5. The van der Waals surface area contributed by atoms with Crippen LogP contribution in [0.5, 0.6) is 0 Å². The van der Waals surface area contributed by atoms with Crippen LogP contribution >= 0.6 is 0 Å². The number of likely N-dealkylation sites (tertiary alicyclic amines) is 1. The van der Waals surface area contributed by atoms with E-state index in [2.05, 4.69) is 11.9 Å². The van der Waals surface area contributed by atoms with E-state index in [1.807, 2.05) is 13.8 Å². The highest BCUT2D eigenvalue weighted by atomic mass is 16.6. The Kier molecular flexibility index (Phi) is 5.68. The lowest BCUT2D eigenvalue weighted by Crippen LogP contribution is -2.47. The van der Waals surface area contributed by atoms with Gasteiger partial charge in [-0.3, -0.25) is 4.79 Å². The summed E-state index contributed by atoms with van der Waals surface area (Å²) >= 11 is 0. The summed E-state index contributed by atoms with van der Waals surface area (Å²) in [6.07, 6.45) is 2.81. The van der Waals surface area contributed by atoms with E-state index in [4.69, 9.17) is 4.74 Å². The topological polar surface area (TPSA) is 58.6 Å². The van der Waals surface area contributed by atoms with E-state index in [1.165, 1.54) is 0 Å². The first-order valence-corrected chi connectivity index (χ1v) is 6.37. The molecule has 5 nitrogen and oxygen atoms in total. The Morgan fingerprint density at radius 3 is 2.56 bits per heavy atom. The number of rotatable bonds is 4. The van der Waals surface area contributed by atoms with Crippen LogP contribution in [0.4, 0.5) is 4.79 Å². The number of piperidine rings is 1. The van der Waals surface area contributed by atoms with Crippen LogP contribution in [0, 0.1) is 5.92 Å². The highest BCUT2D eigenvalue weighted by molar-refractivity contribution is 5.78. The normalized spacial score (nSPS) is 16.5. The van der Waals surface area contributed by atoms with Crippen LogP contribution in [0.2, 0.25) is 0 Å². The lowest BCUT2D eigenvalue weighted by Gasteiger charge is -2.31.